The minimum atomic E-state index is 0.196. The van der Waals surface area contributed by atoms with Gasteiger partial charge >= 0.3 is 0 Å². The normalized spacial score (nSPS) is 15.2. The van der Waals surface area contributed by atoms with Crippen LogP contribution >= 0.6 is 0 Å². The Morgan fingerprint density at radius 3 is 1.96 bits per heavy atom. The van der Waals surface area contributed by atoms with Gasteiger partial charge in [0.2, 0.25) is 5.91 Å². The molecule has 0 unspecified atom stereocenters. The summed E-state index contributed by atoms with van der Waals surface area (Å²) in [6.45, 7) is 2.25. The van der Waals surface area contributed by atoms with Crippen LogP contribution in [0.5, 0.6) is 0 Å². The molecule has 1 atom stereocenters. The molecule has 2 nitrogen and oxygen atoms in total. The molecule has 0 N–H and O–H groups in total. The van der Waals surface area contributed by atoms with Crippen molar-refractivity contribution in [1.82, 2.24) is 0 Å². The highest BCUT2D eigenvalue weighted by Gasteiger charge is 2.30. The van der Waals surface area contributed by atoms with E-state index >= 15 is 0 Å². The molecule has 1 amide bonds. The Bertz CT molecular complexity index is 579. The van der Waals surface area contributed by atoms with Crippen LogP contribution in [-0.2, 0) is 4.79 Å². The van der Waals surface area contributed by atoms with E-state index in [9.17, 15) is 4.79 Å². The summed E-state index contributed by atoms with van der Waals surface area (Å²) in [5.41, 5.74) is 1.89. The summed E-state index contributed by atoms with van der Waals surface area (Å²) < 4.78 is 0. The summed E-state index contributed by atoms with van der Waals surface area (Å²) in [5, 5.41) is 0. The van der Waals surface area contributed by atoms with E-state index in [4.69, 9.17) is 0 Å². The summed E-state index contributed by atoms with van der Waals surface area (Å²) in [7, 11) is 0. The van der Waals surface area contributed by atoms with Crippen molar-refractivity contribution in [2.45, 2.75) is 39.0 Å². The third-order valence-corrected chi connectivity index (χ3v) is 4.82. The van der Waals surface area contributed by atoms with Gasteiger partial charge in [-0.3, -0.25) is 9.69 Å². The van der Waals surface area contributed by atoms with Crippen LogP contribution in [0.2, 0.25) is 0 Å². The van der Waals surface area contributed by atoms with Crippen LogP contribution < -0.4 is 4.90 Å². The zero-order valence-electron chi connectivity index (χ0n) is 13.8. The third-order valence-electron chi connectivity index (χ3n) is 4.82. The van der Waals surface area contributed by atoms with Gasteiger partial charge in [-0.2, -0.15) is 0 Å². The van der Waals surface area contributed by atoms with Crippen LogP contribution in [0, 0.1) is 11.8 Å². The van der Waals surface area contributed by atoms with Gasteiger partial charge in [-0.25, -0.2) is 0 Å². The standard InChI is InChI=1S/C21H25NO/c1-2-17(18-13-14-18)15-16-21(23)22(19-9-5-3-6-10-19)20-11-7-4-8-12-20/h3-12,17-18H,2,13-16H2,1H3/t17-/m0/s1. The number of nitrogens with zero attached hydrogens (tertiary/aromatic N) is 1. The molecule has 0 spiro atoms. The van der Waals surface area contributed by atoms with Gasteiger partial charge < -0.3 is 0 Å². The highest BCUT2D eigenvalue weighted by Crippen LogP contribution is 2.41. The van der Waals surface area contributed by atoms with Crippen molar-refractivity contribution in [2.75, 3.05) is 4.90 Å². The molecule has 2 heteroatoms. The van der Waals surface area contributed by atoms with E-state index in [0.29, 0.717) is 12.3 Å². The highest BCUT2D eigenvalue weighted by molar-refractivity contribution is 6.00. The van der Waals surface area contributed by atoms with Crippen molar-refractivity contribution >= 4 is 17.3 Å². The van der Waals surface area contributed by atoms with Crippen molar-refractivity contribution in [1.29, 1.82) is 0 Å². The minimum Gasteiger partial charge on any atom is -0.281 e. The lowest BCUT2D eigenvalue weighted by atomic mass is 9.94. The van der Waals surface area contributed by atoms with Crippen LogP contribution in [0.3, 0.4) is 0 Å². The Morgan fingerprint density at radius 2 is 1.52 bits per heavy atom. The van der Waals surface area contributed by atoms with Crippen molar-refractivity contribution < 1.29 is 4.79 Å². The number of amides is 1. The lowest BCUT2D eigenvalue weighted by Crippen LogP contribution is -2.26. The fourth-order valence-corrected chi connectivity index (χ4v) is 3.35. The Morgan fingerprint density at radius 1 is 1.00 bits per heavy atom. The van der Waals surface area contributed by atoms with Gasteiger partial charge in [0.1, 0.15) is 0 Å². The molecular weight excluding hydrogens is 282 g/mol. The van der Waals surface area contributed by atoms with Gasteiger partial charge in [-0.05, 0) is 55.4 Å². The molecule has 1 aliphatic carbocycles. The minimum absolute atomic E-state index is 0.196. The van der Waals surface area contributed by atoms with Crippen molar-refractivity contribution in [3.63, 3.8) is 0 Å². The average molecular weight is 307 g/mol. The van der Waals surface area contributed by atoms with E-state index in [2.05, 4.69) is 6.92 Å². The van der Waals surface area contributed by atoms with Gasteiger partial charge in [0, 0.05) is 17.8 Å². The Balaban J connectivity index is 1.76. The Kier molecular flexibility index (Phi) is 5.12. The smallest absolute Gasteiger partial charge is 0.231 e. The molecule has 1 fully saturated rings. The molecule has 0 aromatic heterocycles. The zero-order chi connectivity index (χ0) is 16.1. The maximum absolute atomic E-state index is 12.9. The molecule has 1 aliphatic rings. The number of anilines is 2. The predicted octanol–water partition coefficient (Wildman–Crippen LogP) is 5.57. The van der Waals surface area contributed by atoms with Crippen molar-refractivity contribution in [3.05, 3.63) is 60.7 Å². The average Bonchev–Trinajstić information content (AvgIpc) is 3.43. The van der Waals surface area contributed by atoms with Gasteiger partial charge in [-0.1, -0.05) is 49.7 Å². The Labute approximate surface area is 139 Å². The molecule has 0 heterocycles. The van der Waals surface area contributed by atoms with Gasteiger partial charge in [0.05, 0.1) is 0 Å². The van der Waals surface area contributed by atoms with E-state index in [1.807, 2.05) is 65.6 Å². The second-order valence-corrected chi connectivity index (χ2v) is 6.44. The molecule has 23 heavy (non-hydrogen) atoms. The van der Waals surface area contributed by atoms with Crippen molar-refractivity contribution in [2.24, 2.45) is 11.8 Å². The molecule has 0 bridgehead atoms. The number of rotatable bonds is 7. The number of benzene rings is 2. The number of carbonyl (C=O) groups excluding carboxylic acids is 1. The van der Waals surface area contributed by atoms with Crippen LogP contribution in [0.15, 0.2) is 60.7 Å². The van der Waals surface area contributed by atoms with Gasteiger partial charge in [0.15, 0.2) is 0 Å². The second-order valence-electron chi connectivity index (χ2n) is 6.44. The molecule has 0 aliphatic heterocycles. The third kappa shape index (κ3) is 4.01. The van der Waals surface area contributed by atoms with E-state index in [-0.39, 0.29) is 5.91 Å². The largest absolute Gasteiger partial charge is 0.281 e. The topological polar surface area (TPSA) is 20.3 Å². The van der Waals surface area contributed by atoms with E-state index in [1.165, 1.54) is 19.3 Å². The summed E-state index contributed by atoms with van der Waals surface area (Å²) in [5.74, 6) is 1.78. The summed E-state index contributed by atoms with van der Waals surface area (Å²) in [6.07, 6.45) is 5.53. The maximum Gasteiger partial charge on any atom is 0.231 e. The lowest BCUT2D eigenvalue weighted by molar-refractivity contribution is -0.118. The number of para-hydroxylation sites is 2. The van der Waals surface area contributed by atoms with Crippen LogP contribution in [-0.4, -0.2) is 5.91 Å². The van der Waals surface area contributed by atoms with E-state index in [1.54, 1.807) is 0 Å². The predicted molar refractivity (Wildman–Crippen MR) is 95.8 cm³/mol. The van der Waals surface area contributed by atoms with Crippen molar-refractivity contribution in [3.8, 4) is 0 Å². The summed E-state index contributed by atoms with van der Waals surface area (Å²) in [4.78, 5) is 14.8. The Hall–Kier alpha value is -2.09. The highest BCUT2D eigenvalue weighted by atomic mass is 16.2. The summed E-state index contributed by atoms with van der Waals surface area (Å²) in [6, 6.07) is 19.9. The first-order valence-corrected chi connectivity index (χ1v) is 8.72. The molecule has 0 saturated heterocycles. The number of hydrogen-bond donors (Lipinski definition) is 0. The molecular formula is C21H25NO. The van der Waals surface area contributed by atoms with Crippen LogP contribution in [0.25, 0.3) is 0 Å². The maximum atomic E-state index is 12.9. The van der Waals surface area contributed by atoms with Crippen LogP contribution in [0.4, 0.5) is 11.4 Å². The number of carbonyl (C=O) groups is 1. The van der Waals surface area contributed by atoms with E-state index < -0.39 is 0 Å². The van der Waals surface area contributed by atoms with E-state index in [0.717, 1.165) is 23.7 Å². The van der Waals surface area contributed by atoms with Crippen LogP contribution in [0.1, 0.15) is 39.0 Å². The first kappa shape index (κ1) is 15.8. The SMILES string of the molecule is CC[C@@H](CCC(=O)N(c1ccccc1)c1ccccc1)C1CC1. The lowest BCUT2D eigenvalue weighted by Gasteiger charge is -2.24. The molecule has 120 valence electrons. The fourth-order valence-electron chi connectivity index (χ4n) is 3.35. The van der Waals surface area contributed by atoms with Gasteiger partial charge in [0.25, 0.3) is 0 Å². The quantitative estimate of drug-likeness (QED) is 0.655. The fraction of sp³-hybridized carbons (Fsp3) is 0.381. The second kappa shape index (κ2) is 7.45. The van der Waals surface area contributed by atoms with Gasteiger partial charge in [-0.15, -0.1) is 0 Å². The monoisotopic (exact) mass is 307 g/mol. The number of hydrogen-bond acceptors (Lipinski definition) is 1. The zero-order valence-corrected chi connectivity index (χ0v) is 13.8. The first-order chi connectivity index (χ1) is 11.3. The molecule has 0 radical (unpaired) electrons. The molecule has 2 aromatic carbocycles. The molecule has 2 aromatic rings. The molecule has 3 rings (SSSR count). The molecule has 1 saturated carbocycles. The summed E-state index contributed by atoms with van der Waals surface area (Å²) >= 11 is 0. The first-order valence-electron chi connectivity index (χ1n) is 8.72.